The average molecular weight is 449 g/mol. The van der Waals surface area contributed by atoms with Gasteiger partial charge in [-0.1, -0.05) is 60.6 Å². The fourth-order valence-corrected chi connectivity index (χ4v) is 4.51. The number of nitrogens with zero attached hydrogens (tertiary/aromatic N) is 1. The second-order valence-corrected chi connectivity index (χ2v) is 8.69. The maximum Gasteiger partial charge on any atom is 0.283 e. The van der Waals surface area contributed by atoms with Crippen LogP contribution in [-0.4, -0.2) is 11.8 Å². The van der Waals surface area contributed by atoms with Gasteiger partial charge in [-0.2, -0.15) is 0 Å². The molecule has 31 heavy (non-hydrogen) atoms. The van der Waals surface area contributed by atoms with Gasteiger partial charge in [-0.15, -0.1) is 0 Å². The minimum absolute atomic E-state index is 0.267. The maximum absolute atomic E-state index is 13.4. The number of carbonyl (C=O) groups excluding carboxylic acids is 2. The van der Waals surface area contributed by atoms with Crippen molar-refractivity contribution in [1.29, 1.82) is 0 Å². The minimum Gasteiger partial charge on any atom is -0.350 e. The molecule has 1 aliphatic rings. The highest BCUT2D eigenvalue weighted by Gasteiger charge is 2.40. The van der Waals surface area contributed by atoms with Gasteiger partial charge in [-0.25, -0.2) is 4.90 Å². The van der Waals surface area contributed by atoms with Crippen LogP contribution in [0.5, 0.6) is 0 Å². The summed E-state index contributed by atoms with van der Waals surface area (Å²) in [5.74, 6) is -0.709. The van der Waals surface area contributed by atoms with E-state index in [2.05, 4.69) is 12.2 Å². The fourth-order valence-electron chi connectivity index (χ4n) is 3.34. The number of thioether (sulfide) groups is 1. The van der Waals surface area contributed by atoms with E-state index < -0.39 is 0 Å². The molecule has 3 aromatic carbocycles. The first-order valence-corrected chi connectivity index (χ1v) is 11.2. The van der Waals surface area contributed by atoms with Crippen LogP contribution in [0, 0.1) is 6.92 Å². The molecule has 0 fully saturated rings. The first kappa shape index (κ1) is 21.2. The van der Waals surface area contributed by atoms with Crippen LogP contribution in [0.15, 0.2) is 88.3 Å². The van der Waals surface area contributed by atoms with E-state index in [1.807, 2.05) is 73.7 Å². The molecule has 4 nitrogen and oxygen atoms in total. The third-order valence-corrected chi connectivity index (χ3v) is 6.38. The number of carbonyl (C=O) groups is 2. The Hall–Kier alpha value is -3.02. The molecule has 2 amide bonds. The Morgan fingerprint density at radius 2 is 1.65 bits per heavy atom. The fraction of sp³-hybridized carbons (Fsp3) is 0.120. The molecule has 0 spiro atoms. The number of nitrogens with one attached hydrogen (secondary N) is 1. The first-order valence-electron chi connectivity index (χ1n) is 9.96. The van der Waals surface area contributed by atoms with Crippen LogP contribution in [0.4, 0.5) is 11.4 Å². The Morgan fingerprint density at radius 1 is 0.935 bits per heavy atom. The van der Waals surface area contributed by atoms with Gasteiger partial charge in [0.05, 0.1) is 5.69 Å². The Bertz CT molecular complexity index is 1170. The molecule has 0 saturated carbocycles. The van der Waals surface area contributed by atoms with Crippen LogP contribution in [0.3, 0.4) is 0 Å². The smallest absolute Gasteiger partial charge is 0.283 e. The predicted octanol–water partition coefficient (Wildman–Crippen LogP) is 6.20. The van der Waals surface area contributed by atoms with E-state index in [1.54, 1.807) is 6.07 Å². The van der Waals surface area contributed by atoms with E-state index >= 15 is 0 Å². The lowest BCUT2D eigenvalue weighted by atomic mass is 10.1. The zero-order chi connectivity index (χ0) is 22.0. The van der Waals surface area contributed by atoms with Gasteiger partial charge in [0.15, 0.2) is 0 Å². The Labute approximate surface area is 190 Å². The molecular weight excluding hydrogens is 428 g/mol. The SMILES string of the molecule is CCc1ccc(N2C(=O)C(Nc3ccc(Cl)cc3C)=C(Sc3ccccc3)C2=O)cc1. The molecule has 156 valence electrons. The second kappa shape index (κ2) is 9.00. The van der Waals surface area contributed by atoms with Crippen molar-refractivity contribution in [2.24, 2.45) is 0 Å². The zero-order valence-electron chi connectivity index (χ0n) is 17.2. The quantitative estimate of drug-likeness (QED) is 0.456. The van der Waals surface area contributed by atoms with Crippen LogP contribution >= 0.6 is 23.4 Å². The van der Waals surface area contributed by atoms with Crippen molar-refractivity contribution < 1.29 is 9.59 Å². The second-order valence-electron chi connectivity index (χ2n) is 7.17. The Balaban J connectivity index is 1.74. The predicted molar refractivity (Wildman–Crippen MR) is 127 cm³/mol. The van der Waals surface area contributed by atoms with E-state index in [0.29, 0.717) is 15.6 Å². The van der Waals surface area contributed by atoms with E-state index in [9.17, 15) is 9.59 Å². The number of halogens is 1. The number of benzene rings is 3. The summed E-state index contributed by atoms with van der Waals surface area (Å²) in [6.07, 6.45) is 0.887. The number of hydrogen-bond donors (Lipinski definition) is 1. The van der Waals surface area contributed by atoms with Gasteiger partial charge in [0.25, 0.3) is 11.8 Å². The molecule has 0 radical (unpaired) electrons. The van der Waals surface area contributed by atoms with E-state index in [-0.39, 0.29) is 17.5 Å². The van der Waals surface area contributed by atoms with Gasteiger partial charge in [0.2, 0.25) is 0 Å². The third kappa shape index (κ3) is 4.38. The number of imide groups is 1. The van der Waals surface area contributed by atoms with Crippen molar-refractivity contribution in [2.75, 3.05) is 10.2 Å². The van der Waals surface area contributed by atoms with Gasteiger partial charge in [0.1, 0.15) is 10.6 Å². The largest absolute Gasteiger partial charge is 0.350 e. The van der Waals surface area contributed by atoms with Gasteiger partial charge < -0.3 is 5.32 Å². The van der Waals surface area contributed by atoms with E-state index in [0.717, 1.165) is 28.1 Å². The minimum atomic E-state index is -0.373. The molecule has 6 heteroatoms. The van der Waals surface area contributed by atoms with Gasteiger partial charge in [0, 0.05) is 15.6 Å². The van der Waals surface area contributed by atoms with Crippen LogP contribution < -0.4 is 10.2 Å². The van der Waals surface area contributed by atoms with Gasteiger partial charge in [-0.05, 0) is 66.9 Å². The molecule has 3 aromatic rings. The van der Waals surface area contributed by atoms with Gasteiger partial charge >= 0.3 is 0 Å². The summed E-state index contributed by atoms with van der Waals surface area (Å²) in [5, 5.41) is 3.81. The summed E-state index contributed by atoms with van der Waals surface area (Å²) in [6.45, 7) is 3.97. The van der Waals surface area contributed by atoms with Crippen LogP contribution in [0.2, 0.25) is 5.02 Å². The van der Waals surface area contributed by atoms with Crippen molar-refractivity contribution in [3.8, 4) is 0 Å². The lowest BCUT2D eigenvalue weighted by molar-refractivity contribution is -0.120. The molecule has 0 aromatic heterocycles. The zero-order valence-corrected chi connectivity index (χ0v) is 18.8. The molecule has 4 rings (SSSR count). The van der Waals surface area contributed by atoms with Crippen molar-refractivity contribution in [1.82, 2.24) is 0 Å². The molecular formula is C25H21ClN2O2S. The highest BCUT2D eigenvalue weighted by Crippen LogP contribution is 2.38. The number of amides is 2. The highest BCUT2D eigenvalue weighted by molar-refractivity contribution is 8.04. The average Bonchev–Trinajstić information content (AvgIpc) is 3.00. The number of rotatable bonds is 6. The van der Waals surface area contributed by atoms with Gasteiger partial charge in [-0.3, -0.25) is 9.59 Å². The van der Waals surface area contributed by atoms with Crippen LogP contribution in [0.25, 0.3) is 0 Å². The molecule has 0 unspecified atom stereocenters. The standard InChI is InChI=1S/C25H21ClN2O2S/c1-3-17-9-12-19(13-10-17)28-24(29)22(27-21-14-11-18(26)15-16(21)2)23(25(28)30)31-20-7-5-4-6-8-20/h4-15,27H,3H2,1-2H3. The van der Waals surface area contributed by atoms with Crippen molar-refractivity contribution in [2.45, 2.75) is 25.2 Å². The van der Waals surface area contributed by atoms with Crippen LogP contribution in [0.1, 0.15) is 18.1 Å². The normalized spacial score (nSPS) is 13.8. The summed E-state index contributed by atoms with van der Waals surface area (Å²) in [4.78, 5) is 29.3. The maximum atomic E-state index is 13.4. The molecule has 1 heterocycles. The van der Waals surface area contributed by atoms with Crippen LogP contribution in [-0.2, 0) is 16.0 Å². The molecule has 0 bridgehead atoms. The summed E-state index contributed by atoms with van der Waals surface area (Å²) >= 11 is 7.36. The van der Waals surface area contributed by atoms with Crippen molar-refractivity contribution in [3.05, 3.63) is 99.5 Å². The summed E-state index contributed by atoms with van der Waals surface area (Å²) in [5.41, 5.74) is 3.58. The lowest BCUT2D eigenvalue weighted by Gasteiger charge is -2.16. The molecule has 1 aliphatic heterocycles. The number of hydrogen-bond acceptors (Lipinski definition) is 4. The Kier molecular flexibility index (Phi) is 6.16. The Morgan fingerprint density at radius 3 is 2.29 bits per heavy atom. The third-order valence-electron chi connectivity index (χ3n) is 5.06. The summed E-state index contributed by atoms with van der Waals surface area (Å²) in [7, 11) is 0. The summed E-state index contributed by atoms with van der Waals surface area (Å²) < 4.78 is 0. The van der Waals surface area contributed by atoms with E-state index in [1.165, 1.54) is 16.7 Å². The topological polar surface area (TPSA) is 49.4 Å². The number of aryl methyl sites for hydroxylation is 2. The summed E-state index contributed by atoms with van der Waals surface area (Å²) in [6, 6.07) is 22.4. The number of anilines is 2. The molecule has 0 saturated heterocycles. The molecule has 0 atom stereocenters. The molecule has 0 aliphatic carbocycles. The first-order chi connectivity index (χ1) is 15.0. The lowest BCUT2D eigenvalue weighted by Crippen LogP contribution is -2.32. The monoisotopic (exact) mass is 448 g/mol. The van der Waals surface area contributed by atoms with E-state index in [4.69, 9.17) is 11.6 Å². The van der Waals surface area contributed by atoms with Crippen molar-refractivity contribution in [3.63, 3.8) is 0 Å². The highest BCUT2D eigenvalue weighted by atomic mass is 35.5. The van der Waals surface area contributed by atoms with Crippen molar-refractivity contribution >= 4 is 46.6 Å². The molecule has 1 N–H and O–H groups in total.